The van der Waals surface area contributed by atoms with Gasteiger partial charge in [-0.3, -0.25) is 9.80 Å². The van der Waals surface area contributed by atoms with Gasteiger partial charge in [0.2, 0.25) is 0 Å². The Labute approximate surface area is 118 Å². The summed E-state index contributed by atoms with van der Waals surface area (Å²) in [6, 6.07) is 0.814. The Bertz CT molecular complexity index is 328. The molecule has 0 bridgehead atoms. The minimum Gasteiger partial charge on any atom is -0.329 e. The van der Waals surface area contributed by atoms with Crippen molar-refractivity contribution >= 4 is 0 Å². The van der Waals surface area contributed by atoms with Gasteiger partial charge in [-0.25, -0.2) is 0 Å². The Morgan fingerprint density at radius 3 is 2.63 bits per heavy atom. The smallest absolute Gasteiger partial charge is 0.0338 e. The molecule has 0 aromatic rings. The van der Waals surface area contributed by atoms with Crippen LogP contribution in [0.4, 0.5) is 0 Å². The molecule has 0 aromatic heterocycles. The molecule has 2 N–H and O–H groups in total. The van der Waals surface area contributed by atoms with Gasteiger partial charge in [0.05, 0.1) is 0 Å². The second-order valence-corrected chi connectivity index (χ2v) is 7.90. The second kappa shape index (κ2) is 5.01. The zero-order valence-electron chi connectivity index (χ0n) is 12.8. The Morgan fingerprint density at radius 2 is 1.95 bits per heavy atom. The molecule has 0 amide bonds. The van der Waals surface area contributed by atoms with Gasteiger partial charge in [0.15, 0.2) is 0 Å². The Hall–Kier alpha value is -0.120. The Kier molecular flexibility index (Phi) is 3.65. The van der Waals surface area contributed by atoms with Crippen molar-refractivity contribution in [2.24, 2.45) is 11.1 Å². The molecule has 0 aromatic carbocycles. The number of nitrogens with two attached hydrogens (primary N) is 1. The highest BCUT2D eigenvalue weighted by atomic mass is 15.3. The zero-order valence-corrected chi connectivity index (χ0v) is 12.8. The van der Waals surface area contributed by atoms with Crippen LogP contribution in [0, 0.1) is 5.41 Å². The molecular formula is C16H31N3. The fraction of sp³-hybridized carbons (Fsp3) is 1.00. The predicted molar refractivity (Wildman–Crippen MR) is 80.2 cm³/mol. The molecule has 3 fully saturated rings. The summed E-state index contributed by atoms with van der Waals surface area (Å²) in [6.45, 7) is 10.8. The maximum atomic E-state index is 6.23. The van der Waals surface area contributed by atoms with Gasteiger partial charge in [-0.2, -0.15) is 0 Å². The lowest BCUT2D eigenvalue weighted by Gasteiger charge is -2.51. The van der Waals surface area contributed by atoms with E-state index in [0.717, 1.165) is 12.6 Å². The molecule has 3 aliphatic rings. The molecule has 1 saturated carbocycles. The van der Waals surface area contributed by atoms with Gasteiger partial charge in [-0.1, -0.05) is 20.3 Å². The number of nitrogens with zero attached hydrogens (tertiary/aromatic N) is 2. The highest BCUT2D eigenvalue weighted by Gasteiger charge is 2.47. The maximum absolute atomic E-state index is 6.23. The topological polar surface area (TPSA) is 32.5 Å². The lowest BCUT2D eigenvalue weighted by atomic mass is 9.85. The average molecular weight is 265 g/mol. The summed E-state index contributed by atoms with van der Waals surface area (Å²) < 4.78 is 0. The van der Waals surface area contributed by atoms with Crippen molar-refractivity contribution < 1.29 is 0 Å². The van der Waals surface area contributed by atoms with Crippen LogP contribution in [0.5, 0.6) is 0 Å². The molecule has 2 heterocycles. The molecule has 2 atom stereocenters. The lowest BCUT2D eigenvalue weighted by Crippen LogP contribution is -2.63. The summed E-state index contributed by atoms with van der Waals surface area (Å²) in [4.78, 5) is 5.50. The number of hydrogen-bond donors (Lipinski definition) is 1. The SMILES string of the molecule is CC1(C)CCC(CN)(N2CCN3CCCCC3C2)C1. The summed E-state index contributed by atoms with van der Waals surface area (Å²) >= 11 is 0. The zero-order chi connectivity index (χ0) is 13.5. The van der Waals surface area contributed by atoms with Gasteiger partial charge >= 0.3 is 0 Å². The van der Waals surface area contributed by atoms with Gasteiger partial charge in [0.1, 0.15) is 0 Å². The molecule has 0 spiro atoms. The normalized spacial score (nSPS) is 40.3. The van der Waals surface area contributed by atoms with Crippen LogP contribution in [0.1, 0.15) is 52.4 Å². The first-order chi connectivity index (χ1) is 9.05. The van der Waals surface area contributed by atoms with Gasteiger partial charge in [0, 0.05) is 37.8 Å². The largest absolute Gasteiger partial charge is 0.329 e. The van der Waals surface area contributed by atoms with E-state index in [1.807, 2.05) is 0 Å². The third-order valence-electron chi connectivity index (χ3n) is 5.96. The summed E-state index contributed by atoms with van der Waals surface area (Å²) in [6.07, 6.45) is 8.18. The third-order valence-corrected chi connectivity index (χ3v) is 5.96. The molecule has 1 aliphatic carbocycles. The van der Waals surface area contributed by atoms with Crippen LogP contribution in [0.3, 0.4) is 0 Å². The Morgan fingerprint density at radius 1 is 1.11 bits per heavy atom. The minimum absolute atomic E-state index is 0.313. The second-order valence-electron chi connectivity index (χ2n) is 7.90. The van der Waals surface area contributed by atoms with Crippen molar-refractivity contribution in [3.8, 4) is 0 Å². The fourth-order valence-corrected chi connectivity index (χ4v) is 4.80. The van der Waals surface area contributed by atoms with Crippen molar-refractivity contribution in [1.29, 1.82) is 0 Å². The summed E-state index contributed by atoms with van der Waals surface area (Å²) in [5.41, 5.74) is 7.04. The molecule has 3 rings (SSSR count). The van der Waals surface area contributed by atoms with E-state index in [1.54, 1.807) is 0 Å². The van der Waals surface area contributed by atoms with E-state index in [4.69, 9.17) is 5.73 Å². The van der Waals surface area contributed by atoms with Crippen LogP contribution in [0.2, 0.25) is 0 Å². The van der Waals surface area contributed by atoms with Crippen LogP contribution >= 0.6 is 0 Å². The third kappa shape index (κ3) is 2.57. The van der Waals surface area contributed by atoms with Crippen LogP contribution in [-0.4, -0.2) is 54.1 Å². The van der Waals surface area contributed by atoms with E-state index >= 15 is 0 Å². The van der Waals surface area contributed by atoms with Crippen LogP contribution in [0.15, 0.2) is 0 Å². The monoisotopic (exact) mass is 265 g/mol. The highest BCUT2D eigenvalue weighted by molar-refractivity contribution is 5.04. The van der Waals surface area contributed by atoms with Crippen LogP contribution in [-0.2, 0) is 0 Å². The molecule has 110 valence electrons. The number of fused-ring (bicyclic) bond motifs is 1. The summed E-state index contributed by atoms with van der Waals surface area (Å²) in [5, 5.41) is 0. The Balaban J connectivity index is 1.71. The molecule has 19 heavy (non-hydrogen) atoms. The number of rotatable bonds is 2. The molecule has 2 aliphatic heterocycles. The molecule has 2 unspecified atom stereocenters. The number of piperidine rings is 1. The van der Waals surface area contributed by atoms with E-state index in [2.05, 4.69) is 23.6 Å². The first kappa shape index (κ1) is 13.8. The van der Waals surface area contributed by atoms with E-state index in [1.165, 1.54) is 64.7 Å². The fourth-order valence-electron chi connectivity index (χ4n) is 4.80. The molecule has 0 radical (unpaired) electrons. The lowest BCUT2D eigenvalue weighted by molar-refractivity contribution is -0.0123. The van der Waals surface area contributed by atoms with E-state index in [9.17, 15) is 0 Å². The quantitative estimate of drug-likeness (QED) is 0.829. The number of hydrogen-bond acceptors (Lipinski definition) is 3. The maximum Gasteiger partial charge on any atom is 0.0338 e. The summed E-state index contributed by atoms with van der Waals surface area (Å²) in [5.74, 6) is 0. The summed E-state index contributed by atoms with van der Waals surface area (Å²) in [7, 11) is 0. The molecule has 3 nitrogen and oxygen atoms in total. The molecule has 2 saturated heterocycles. The first-order valence-electron chi connectivity index (χ1n) is 8.24. The van der Waals surface area contributed by atoms with Gasteiger partial charge in [0.25, 0.3) is 0 Å². The van der Waals surface area contributed by atoms with Gasteiger partial charge < -0.3 is 5.73 Å². The molecule has 3 heteroatoms. The van der Waals surface area contributed by atoms with Crippen molar-refractivity contribution in [3.63, 3.8) is 0 Å². The first-order valence-corrected chi connectivity index (χ1v) is 8.24. The standard InChI is InChI=1S/C16H31N3/c1-15(2)6-7-16(12-15,13-17)19-10-9-18-8-4-3-5-14(18)11-19/h14H,3-13,17H2,1-2H3. The van der Waals surface area contributed by atoms with E-state index in [0.29, 0.717) is 11.0 Å². The van der Waals surface area contributed by atoms with Crippen molar-refractivity contribution in [2.75, 3.05) is 32.7 Å². The average Bonchev–Trinajstić information content (AvgIpc) is 2.75. The van der Waals surface area contributed by atoms with Gasteiger partial charge in [-0.15, -0.1) is 0 Å². The van der Waals surface area contributed by atoms with Crippen molar-refractivity contribution in [3.05, 3.63) is 0 Å². The number of piperazine rings is 1. The van der Waals surface area contributed by atoms with Crippen LogP contribution in [0.25, 0.3) is 0 Å². The van der Waals surface area contributed by atoms with Crippen LogP contribution < -0.4 is 5.73 Å². The minimum atomic E-state index is 0.313. The van der Waals surface area contributed by atoms with E-state index in [-0.39, 0.29) is 0 Å². The highest BCUT2D eigenvalue weighted by Crippen LogP contribution is 2.46. The van der Waals surface area contributed by atoms with E-state index < -0.39 is 0 Å². The van der Waals surface area contributed by atoms with Crippen molar-refractivity contribution in [1.82, 2.24) is 9.80 Å². The van der Waals surface area contributed by atoms with Crippen molar-refractivity contribution in [2.45, 2.75) is 64.0 Å². The molecular weight excluding hydrogens is 234 g/mol. The predicted octanol–water partition coefficient (Wildman–Crippen LogP) is 2.06. The van der Waals surface area contributed by atoms with Gasteiger partial charge in [-0.05, 0) is 44.1 Å².